The van der Waals surface area contributed by atoms with Crippen molar-refractivity contribution in [3.63, 3.8) is 0 Å². The minimum Gasteiger partial charge on any atom is -0.387 e. The molecule has 0 aliphatic carbocycles. The number of amides is 1. The summed E-state index contributed by atoms with van der Waals surface area (Å²) in [5.41, 5.74) is 2.90. The zero-order valence-electron chi connectivity index (χ0n) is 15.8. The molecule has 0 unspecified atom stereocenters. The lowest BCUT2D eigenvalue weighted by Gasteiger charge is -2.13. The maximum atomic E-state index is 12.4. The van der Waals surface area contributed by atoms with E-state index in [0.717, 1.165) is 29.8 Å². The molecule has 0 heterocycles. The lowest BCUT2D eigenvalue weighted by atomic mass is 10.1. The molecule has 0 bridgehead atoms. The van der Waals surface area contributed by atoms with Gasteiger partial charge in [0.05, 0.1) is 0 Å². The molecule has 0 spiro atoms. The number of carbonyl (C=O) groups excluding carboxylic acids is 1. The van der Waals surface area contributed by atoms with Crippen LogP contribution >= 0.6 is 11.8 Å². The van der Waals surface area contributed by atoms with E-state index in [-0.39, 0.29) is 5.91 Å². The summed E-state index contributed by atoms with van der Waals surface area (Å²) < 4.78 is 0. The van der Waals surface area contributed by atoms with Crippen LogP contribution in [0, 0.1) is 0 Å². The predicted octanol–water partition coefficient (Wildman–Crippen LogP) is 5.50. The lowest BCUT2D eigenvalue weighted by Crippen LogP contribution is -2.25. The van der Waals surface area contributed by atoms with Crippen LogP contribution < -0.4 is 10.6 Å². The second-order valence-electron chi connectivity index (χ2n) is 5.99. The predicted molar refractivity (Wildman–Crippen MR) is 113 cm³/mol. The van der Waals surface area contributed by atoms with Gasteiger partial charge in [0.2, 0.25) is 0 Å². The Bertz CT molecular complexity index is 741. The normalized spacial score (nSPS) is 11.3. The van der Waals surface area contributed by atoms with Gasteiger partial charge in [-0.3, -0.25) is 4.79 Å². The van der Waals surface area contributed by atoms with Gasteiger partial charge in [0.15, 0.2) is 0 Å². The summed E-state index contributed by atoms with van der Waals surface area (Å²) in [5.74, 6) is -0.0335. The molecule has 0 aliphatic rings. The van der Waals surface area contributed by atoms with Crippen LogP contribution in [-0.2, 0) is 6.42 Å². The third-order valence-corrected chi connectivity index (χ3v) is 5.37. The molecule has 0 aromatic heterocycles. The Morgan fingerprint density at radius 2 is 1.88 bits per heavy atom. The van der Waals surface area contributed by atoms with Crippen molar-refractivity contribution in [1.29, 1.82) is 0 Å². The number of hydrogen-bond donors (Lipinski definition) is 2. The Labute approximate surface area is 161 Å². The Hall–Kier alpha value is -2.20. The molecule has 2 aromatic rings. The zero-order valence-corrected chi connectivity index (χ0v) is 16.7. The van der Waals surface area contributed by atoms with Crippen molar-refractivity contribution in [2.75, 3.05) is 18.9 Å². The van der Waals surface area contributed by atoms with E-state index in [0.29, 0.717) is 12.1 Å². The largest absolute Gasteiger partial charge is 0.387 e. The van der Waals surface area contributed by atoms with Gasteiger partial charge >= 0.3 is 0 Å². The zero-order chi connectivity index (χ0) is 18.8. The molecule has 0 radical (unpaired) electrons. The van der Waals surface area contributed by atoms with E-state index in [4.69, 9.17) is 0 Å². The van der Waals surface area contributed by atoms with Gasteiger partial charge in [-0.05, 0) is 47.9 Å². The Kier molecular flexibility index (Phi) is 8.29. The SMILES string of the molecule is CC/C=C(\CC)Sc1ccc(C(=O)NCCc2ccccc2)cc1NC. The average molecular weight is 369 g/mol. The first kappa shape index (κ1) is 20.1. The number of carbonyl (C=O) groups is 1. The molecule has 0 aliphatic heterocycles. The number of hydrogen-bond acceptors (Lipinski definition) is 3. The molecule has 3 nitrogen and oxygen atoms in total. The minimum absolute atomic E-state index is 0.0335. The van der Waals surface area contributed by atoms with Crippen LogP contribution in [0.15, 0.2) is 64.4 Å². The molecule has 0 saturated heterocycles. The van der Waals surface area contributed by atoms with Crippen LogP contribution in [0.5, 0.6) is 0 Å². The van der Waals surface area contributed by atoms with Crippen LogP contribution in [0.2, 0.25) is 0 Å². The number of nitrogens with one attached hydrogen (secondary N) is 2. The van der Waals surface area contributed by atoms with E-state index >= 15 is 0 Å². The van der Waals surface area contributed by atoms with Gasteiger partial charge in [-0.2, -0.15) is 0 Å². The van der Waals surface area contributed by atoms with Crippen molar-refractivity contribution in [3.8, 4) is 0 Å². The highest BCUT2D eigenvalue weighted by Gasteiger charge is 2.10. The first-order chi connectivity index (χ1) is 12.7. The number of rotatable bonds is 9. The quantitative estimate of drug-likeness (QED) is 0.575. The Balaban J connectivity index is 2.00. The van der Waals surface area contributed by atoms with E-state index < -0.39 is 0 Å². The van der Waals surface area contributed by atoms with Crippen molar-refractivity contribution in [2.24, 2.45) is 0 Å². The number of thioether (sulfide) groups is 1. The molecule has 2 N–H and O–H groups in total. The summed E-state index contributed by atoms with van der Waals surface area (Å²) >= 11 is 1.77. The molecule has 0 fully saturated rings. The van der Waals surface area contributed by atoms with Gasteiger partial charge in [0, 0.05) is 29.7 Å². The first-order valence-electron chi connectivity index (χ1n) is 9.18. The first-order valence-corrected chi connectivity index (χ1v) is 10.00. The van der Waals surface area contributed by atoms with Crippen molar-refractivity contribution < 1.29 is 4.79 Å². The molecule has 4 heteroatoms. The van der Waals surface area contributed by atoms with Gasteiger partial charge in [-0.1, -0.05) is 62.0 Å². The van der Waals surface area contributed by atoms with Crippen LogP contribution in [0.1, 0.15) is 42.6 Å². The molecule has 2 rings (SSSR count). The maximum Gasteiger partial charge on any atom is 0.251 e. The number of benzene rings is 2. The van der Waals surface area contributed by atoms with E-state index in [2.05, 4.69) is 42.7 Å². The fourth-order valence-electron chi connectivity index (χ4n) is 2.65. The van der Waals surface area contributed by atoms with Gasteiger partial charge in [0.25, 0.3) is 5.91 Å². The molecule has 1 amide bonds. The summed E-state index contributed by atoms with van der Waals surface area (Å²) in [6, 6.07) is 16.1. The van der Waals surface area contributed by atoms with Crippen LogP contribution in [0.25, 0.3) is 0 Å². The van der Waals surface area contributed by atoms with Crippen LogP contribution in [0.3, 0.4) is 0 Å². The van der Waals surface area contributed by atoms with E-state index in [1.807, 2.05) is 43.4 Å². The van der Waals surface area contributed by atoms with Crippen molar-refractivity contribution in [3.05, 3.63) is 70.6 Å². The average Bonchev–Trinajstić information content (AvgIpc) is 2.68. The highest BCUT2D eigenvalue weighted by Crippen LogP contribution is 2.35. The summed E-state index contributed by atoms with van der Waals surface area (Å²) in [4.78, 5) is 14.9. The molecular weight excluding hydrogens is 340 g/mol. The third kappa shape index (κ3) is 5.95. The van der Waals surface area contributed by atoms with Crippen LogP contribution in [0.4, 0.5) is 5.69 Å². The summed E-state index contributed by atoms with van der Waals surface area (Å²) in [7, 11) is 1.89. The topological polar surface area (TPSA) is 41.1 Å². The molecule has 0 saturated carbocycles. The Morgan fingerprint density at radius 3 is 2.54 bits per heavy atom. The van der Waals surface area contributed by atoms with Crippen LogP contribution in [-0.4, -0.2) is 19.5 Å². The number of anilines is 1. The number of allylic oxidation sites excluding steroid dienone is 2. The summed E-state index contributed by atoms with van der Waals surface area (Å²) in [6.07, 6.45) is 5.14. The molecule has 2 aromatic carbocycles. The second kappa shape index (κ2) is 10.7. The standard InChI is InChI=1S/C22H28N2OS/c1-4-9-19(5-2)26-21-13-12-18(16-20(21)23-3)22(25)24-15-14-17-10-7-6-8-11-17/h6-13,16,23H,4-5,14-15H2,1-3H3,(H,24,25)/b19-9+. The minimum atomic E-state index is -0.0335. The summed E-state index contributed by atoms with van der Waals surface area (Å²) in [6.45, 7) is 4.95. The lowest BCUT2D eigenvalue weighted by molar-refractivity contribution is 0.0954. The summed E-state index contributed by atoms with van der Waals surface area (Å²) in [5, 5.41) is 6.22. The fraction of sp³-hybridized carbons (Fsp3) is 0.318. The van der Waals surface area contributed by atoms with E-state index in [9.17, 15) is 4.79 Å². The maximum absolute atomic E-state index is 12.4. The second-order valence-corrected chi connectivity index (χ2v) is 7.16. The van der Waals surface area contributed by atoms with Gasteiger partial charge in [-0.25, -0.2) is 0 Å². The Morgan fingerprint density at radius 1 is 1.12 bits per heavy atom. The van der Waals surface area contributed by atoms with Gasteiger partial charge in [-0.15, -0.1) is 0 Å². The van der Waals surface area contributed by atoms with E-state index in [1.165, 1.54) is 10.5 Å². The smallest absolute Gasteiger partial charge is 0.251 e. The highest BCUT2D eigenvalue weighted by molar-refractivity contribution is 8.03. The molecule has 26 heavy (non-hydrogen) atoms. The fourth-order valence-corrected chi connectivity index (χ4v) is 3.73. The van der Waals surface area contributed by atoms with Crippen molar-refractivity contribution >= 4 is 23.4 Å². The molecule has 0 atom stereocenters. The van der Waals surface area contributed by atoms with Crippen molar-refractivity contribution in [1.82, 2.24) is 5.32 Å². The highest BCUT2D eigenvalue weighted by atomic mass is 32.2. The van der Waals surface area contributed by atoms with Gasteiger partial charge < -0.3 is 10.6 Å². The van der Waals surface area contributed by atoms with Crippen molar-refractivity contribution in [2.45, 2.75) is 38.0 Å². The van der Waals surface area contributed by atoms with Gasteiger partial charge in [0.1, 0.15) is 0 Å². The van der Waals surface area contributed by atoms with E-state index in [1.54, 1.807) is 11.8 Å². The molecule has 138 valence electrons. The third-order valence-electron chi connectivity index (χ3n) is 4.07. The molecular formula is C22H28N2OS. The monoisotopic (exact) mass is 368 g/mol.